The monoisotopic (exact) mass is 457 g/mol. The molecule has 1 unspecified atom stereocenters. The third-order valence-corrected chi connectivity index (χ3v) is 5.65. The van der Waals surface area contributed by atoms with Gasteiger partial charge in [-0.05, 0) is 43.2 Å². The number of aromatic hydroxyl groups is 1. The molecule has 0 aliphatic carbocycles. The van der Waals surface area contributed by atoms with Gasteiger partial charge in [0.25, 0.3) is 0 Å². The van der Waals surface area contributed by atoms with Gasteiger partial charge in [-0.1, -0.05) is 47.5 Å². The van der Waals surface area contributed by atoms with E-state index in [1.165, 1.54) is 18.5 Å². The highest BCUT2D eigenvalue weighted by atomic mass is 35.5. The molecule has 0 fully saturated rings. The predicted octanol–water partition coefficient (Wildman–Crippen LogP) is 6.83. The maximum atomic E-state index is 14.0. The van der Waals surface area contributed by atoms with Crippen molar-refractivity contribution in [2.75, 3.05) is 5.32 Å². The summed E-state index contributed by atoms with van der Waals surface area (Å²) in [5.41, 5.74) is 0.916. The van der Waals surface area contributed by atoms with E-state index in [4.69, 9.17) is 11.6 Å². The molecule has 1 atom stereocenters. The van der Waals surface area contributed by atoms with Gasteiger partial charge in [-0.3, -0.25) is 4.98 Å². The molecule has 0 radical (unpaired) electrons. The molecule has 32 heavy (non-hydrogen) atoms. The number of hydrogen-bond donors (Lipinski definition) is 2. The van der Waals surface area contributed by atoms with Gasteiger partial charge in [0.1, 0.15) is 17.1 Å². The van der Waals surface area contributed by atoms with Gasteiger partial charge in [0.2, 0.25) is 0 Å². The second-order valence-electron chi connectivity index (χ2n) is 7.56. The lowest BCUT2D eigenvalue weighted by molar-refractivity contribution is -0.138. The molecule has 4 aromatic rings. The fraction of sp³-hybridized carbons (Fsp3) is 0.167. The first-order valence-corrected chi connectivity index (χ1v) is 10.2. The highest BCUT2D eigenvalue weighted by Crippen LogP contribution is 2.42. The minimum Gasteiger partial charge on any atom is -0.505 e. The second kappa shape index (κ2) is 8.31. The lowest BCUT2D eigenvalue weighted by Crippen LogP contribution is -2.19. The summed E-state index contributed by atoms with van der Waals surface area (Å²) in [5, 5.41) is 15.2. The van der Waals surface area contributed by atoms with Crippen molar-refractivity contribution in [3.8, 4) is 5.75 Å². The molecule has 2 aromatic carbocycles. The summed E-state index contributed by atoms with van der Waals surface area (Å²) in [6.07, 6.45) is -1.64. The molecule has 0 amide bonds. The zero-order valence-electron chi connectivity index (χ0n) is 17.2. The van der Waals surface area contributed by atoms with E-state index in [0.29, 0.717) is 32.9 Å². The van der Waals surface area contributed by atoms with Crippen molar-refractivity contribution in [2.45, 2.75) is 26.1 Å². The molecular formula is C24H19ClF3N3O. The van der Waals surface area contributed by atoms with Gasteiger partial charge < -0.3 is 10.4 Å². The Bertz CT molecular complexity index is 1310. The summed E-state index contributed by atoms with van der Waals surface area (Å²) in [4.78, 5) is 8.41. The van der Waals surface area contributed by atoms with E-state index in [9.17, 15) is 18.3 Å². The maximum Gasteiger partial charge on any atom is 0.416 e. The van der Waals surface area contributed by atoms with Crippen LogP contribution in [0, 0.1) is 13.8 Å². The topological polar surface area (TPSA) is 58.0 Å². The fourth-order valence-corrected chi connectivity index (χ4v) is 3.74. The SMILES string of the molecule is Cc1ccc(C(Nc2cc(C)c(Cl)cn2)c2ccc3cccnc3c2O)c(C(F)(F)F)c1. The smallest absolute Gasteiger partial charge is 0.416 e. The van der Waals surface area contributed by atoms with Crippen LogP contribution in [0.15, 0.2) is 60.9 Å². The van der Waals surface area contributed by atoms with Crippen molar-refractivity contribution in [3.63, 3.8) is 0 Å². The van der Waals surface area contributed by atoms with Crippen LogP contribution < -0.4 is 5.32 Å². The molecule has 2 N–H and O–H groups in total. The lowest BCUT2D eigenvalue weighted by atomic mass is 9.91. The number of benzene rings is 2. The van der Waals surface area contributed by atoms with E-state index < -0.39 is 17.8 Å². The van der Waals surface area contributed by atoms with Crippen molar-refractivity contribution in [3.05, 3.63) is 93.8 Å². The van der Waals surface area contributed by atoms with Gasteiger partial charge >= 0.3 is 6.18 Å². The Morgan fingerprint density at radius 1 is 1.00 bits per heavy atom. The van der Waals surface area contributed by atoms with Crippen LogP contribution in [-0.4, -0.2) is 15.1 Å². The summed E-state index contributed by atoms with van der Waals surface area (Å²) < 4.78 is 41.9. The largest absolute Gasteiger partial charge is 0.505 e. The van der Waals surface area contributed by atoms with E-state index in [1.54, 1.807) is 50.2 Å². The molecular weight excluding hydrogens is 439 g/mol. The first kappa shape index (κ1) is 21.9. The molecule has 0 aliphatic heterocycles. The minimum atomic E-state index is -4.59. The summed E-state index contributed by atoms with van der Waals surface area (Å²) in [5.74, 6) is 0.131. The Morgan fingerprint density at radius 3 is 2.47 bits per heavy atom. The van der Waals surface area contributed by atoms with Gasteiger partial charge in [-0.25, -0.2) is 4.98 Å². The van der Waals surface area contributed by atoms with Gasteiger partial charge in [0, 0.05) is 23.3 Å². The first-order valence-electron chi connectivity index (χ1n) is 9.78. The van der Waals surface area contributed by atoms with E-state index in [-0.39, 0.29) is 16.9 Å². The number of fused-ring (bicyclic) bond motifs is 1. The van der Waals surface area contributed by atoms with Crippen LogP contribution in [0.5, 0.6) is 5.75 Å². The summed E-state index contributed by atoms with van der Waals surface area (Å²) in [6, 6.07) is 11.5. The summed E-state index contributed by atoms with van der Waals surface area (Å²) in [6.45, 7) is 3.37. The Kier molecular flexibility index (Phi) is 5.69. The van der Waals surface area contributed by atoms with Crippen LogP contribution in [0.4, 0.5) is 19.0 Å². The number of pyridine rings is 2. The molecule has 2 aromatic heterocycles. The van der Waals surface area contributed by atoms with Gasteiger partial charge in [-0.15, -0.1) is 0 Å². The van der Waals surface area contributed by atoms with Gasteiger partial charge in [-0.2, -0.15) is 13.2 Å². The van der Waals surface area contributed by atoms with E-state index in [0.717, 1.165) is 6.07 Å². The predicted molar refractivity (Wildman–Crippen MR) is 119 cm³/mol. The van der Waals surface area contributed by atoms with Crippen molar-refractivity contribution in [1.29, 1.82) is 0 Å². The number of anilines is 1. The Morgan fingerprint density at radius 2 is 1.75 bits per heavy atom. The van der Waals surface area contributed by atoms with E-state index in [1.807, 2.05) is 0 Å². The zero-order valence-corrected chi connectivity index (χ0v) is 18.0. The van der Waals surface area contributed by atoms with Crippen molar-refractivity contribution < 1.29 is 18.3 Å². The van der Waals surface area contributed by atoms with Crippen LogP contribution in [-0.2, 0) is 6.18 Å². The molecule has 4 rings (SSSR count). The number of nitrogens with one attached hydrogen (secondary N) is 1. The highest BCUT2D eigenvalue weighted by Gasteiger charge is 2.36. The van der Waals surface area contributed by atoms with Crippen molar-refractivity contribution >= 4 is 28.3 Å². The Labute approximate surface area is 187 Å². The number of rotatable bonds is 4. The van der Waals surface area contributed by atoms with E-state index in [2.05, 4.69) is 15.3 Å². The zero-order chi connectivity index (χ0) is 23.0. The molecule has 0 spiro atoms. The van der Waals surface area contributed by atoms with Crippen LogP contribution in [0.3, 0.4) is 0 Å². The number of aromatic nitrogens is 2. The Hall–Kier alpha value is -3.32. The molecule has 0 aliphatic rings. The normalized spacial score (nSPS) is 12.7. The quantitative estimate of drug-likeness (QED) is 0.353. The molecule has 8 heteroatoms. The van der Waals surface area contributed by atoms with Crippen LogP contribution >= 0.6 is 11.6 Å². The number of halogens is 4. The molecule has 2 heterocycles. The third kappa shape index (κ3) is 4.21. The standard InChI is InChI=1S/C24H19ClF3N3O/c1-13-5-7-16(18(10-13)24(26,27)28)22(31-20-11-14(2)19(25)12-30-20)17-8-6-15-4-3-9-29-21(15)23(17)32/h3-12,22,32H,1-2H3,(H,30,31). The van der Waals surface area contributed by atoms with Crippen molar-refractivity contribution in [2.24, 2.45) is 0 Å². The van der Waals surface area contributed by atoms with Crippen LogP contribution in [0.25, 0.3) is 10.9 Å². The van der Waals surface area contributed by atoms with Crippen molar-refractivity contribution in [1.82, 2.24) is 9.97 Å². The lowest BCUT2D eigenvalue weighted by Gasteiger charge is -2.25. The molecule has 0 saturated carbocycles. The average molecular weight is 458 g/mol. The first-order chi connectivity index (χ1) is 15.1. The number of nitrogens with zero attached hydrogens (tertiary/aromatic N) is 2. The number of phenols is 1. The number of alkyl halides is 3. The maximum absolute atomic E-state index is 14.0. The molecule has 0 bridgehead atoms. The summed E-state index contributed by atoms with van der Waals surface area (Å²) >= 11 is 6.06. The van der Waals surface area contributed by atoms with Gasteiger partial charge in [0.15, 0.2) is 0 Å². The Balaban J connectivity index is 1.94. The van der Waals surface area contributed by atoms with E-state index >= 15 is 0 Å². The molecule has 0 saturated heterocycles. The van der Waals surface area contributed by atoms with Gasteiger partial charge in [0.05, 0.1) is 16.6 Å². The molecule has 4 nitrogen and oxygen atoms in total. The second-order valence-corrected chi connectivity index (χ2v) is 7.97. The highest BCUT2D eigenvalue weighted by molar-refractivity contribution is 6.31. The third-order valence-electron chi connectivity index (χ3n) is 5.25. The van der Waals surface area contributed by atoms with Crippen LogP contribution in [0.1, 0.15) is 33.9 Å². The number of phenolic OH excluding ortho intramolecular Hbond substituents is 1. The van der Waals surface area contributed by atoms with Crippen LogP contribution in [0.2, 0.25) is 5.02 Å². The number of hydrogen-bond acceptors (Lipinski definition) is 4. The average Bonchev–Trinajstić information content (AvgIpc) is 2.75. The summed E-state index contributed by atoms with van der Waals surface area (Å²) in [7, 11) is 0. The fourth-order valence-electron chi connectivity index (χ4n) is 3.63. The minimum absolute atomic E-state index is 0.0388. The number of aryl methyl sites for hydroxylation is 2. The molecule has 164 valence electrons.